The minimum Gasteiger partial charge on any atom is -0.493 e. The molecule has 0 radical (unpaired) electrons. The predicted octanol–water partition coefficient (Wildman–Crippen LogP) is 6.33. The molecule has 4 aromatic rings. The van der Waals surface area contributed by atoms with Crippen molar-refractivity contribution >= 4 is 38.1 Å². The lowest BCUT2D eigenvalue weighted by Crippen LogP contribution is -2.46. The minimum atomic E-state index is -0.685. The van der Waals surface area contributed by atoms with Gasteiger partial charge in [-0.1, -0.05) is 37.1 Å². The smallest absolute Gasteiger partial charge is 0.120 e. The molecule has 0 saturated carbocycles. The summed E-state index contributed by atoms with van der Waals surface area (Å²) in [6.07, 6.45) is 0.485. The molecule has 1 aliphatic rings. The first-order valence-corrected chi connectivity index (χ1v) is 15.9. The highest BCUT2D eigenvalue weighted by Crippen LogP contribution is 2.38. The van der Waals surface area contributed by atoms with Gasteiger partial charge in [-0.2, -0.15) is 5.10 Å². The Morgan fingerprint density at radius 1 is 1.07 bits per heavy atom. The van der Waals surface area contributed by atoms with Gasteiger partial charge in [0.2, 0.25) is 0 Å². The Kier molecular flexibility index (Phi) is 8.67. The third-order valence-corrected chi connectivity index (χ3v) is 10.3. The average molecular weight is 586 g/mol. The van der Waals surface area contributed by atoms with E-state index in [-0.39, 0.29) is 11.3 Å². The first-order valence-electron chi connectivity index (χ1n) is 13.5. The third-order valence-electron chi connectivity index (χ3n) is 7.32. The highest BCUT2D eigenvalue weighted by atomic mass is 32.2. The molecule has 1 fully saturated rings. The fraction of sp³-hybridized carbons (Fsp3) is 0.303. The number of hydrazone groups is 1. The Morgan fingerprint density at radius 3 is 2.51 bits per heavy atom. The predicted molar refractivity (Wildman–Crippen MR) is 171 cm³/mol. The molecular formula is C33H35N3O3S2. The van der Waals surface area contributed by atoms with Crippen LogP contribution in [-0.4, -0.2) is 28.2 Å². The molecule has 0 amide bonds. The SMILES string of the molecule is CC#CC(C/C(N)=N/N)c1ccc(OCc2ccc3scc(-c4ccc(OCC5(C)CS(=O)C5)cc4C)c3c2)cc1. The van der Waals surface area contributed by atoms with E-state index in [0.717, 1.165) is 39.7 Å². The van der Waals surface area contributed by atoms with Crippen LogP contribution in [0.1, 0.15) is 42.9 Å². The zero-order valence-electron chi connectivity index (χ0n) is 23.6. The minimum absolute atomic E-state index is 0.0159. The molecule has 8 heteroatoms. The van der Waals surface area contributed by atoms with E-state index in [2.05, 4.69) is 66.5 Å². The van der Waals surface area contributed by atoms with Crippen LogP contribution in [-0.2, 0) is 17.4 Å². The Hall–Kier alpha value is -3.80. The topological polar surface area (TPSA) is 99.9 Å². The van der Waals surface area contributed by atoms with E-state index in [1.807, 2.05) is 37.3 Å². The molecule has 4 N–H and O–H groups in total. The Bertz CT molecular complexity index is 1660. The van der Waals surface area contributed by atoms with E-state index in [0.29, 0.717) is 25.5 Å². The number of aryl methyl sites for hydroxylation is 1. The summed E-state index contributed by atoms with van der Waals surface area (Å²) >= 11 is 1.75. The van der Waals surface area contributed by atoms with Gasteiger partial charge in [0.25, 0.3) is 0 Å². The van der Waals surface area contributed by atoms with Gasteiger partial charge < -0.3 is 21.1 Å². The van der Waals surface area contributed by atoms with Crippen LogP contribution < -0.4 is 21.1 Å². The van der Waals surface area contributed by atoms with E-state index in [1.165, 1.54) is 21.2 Å². The van der Waals surface area contributed by atoms with Crippen LogP contribution in [0.25, 0.3) is 21.2 Å². The number of benzene rings is 3. The molecule has 1 saturated heterocycles. The normalized spacial score (nSPS) is 19.2. The van der Waals surface area contributed by atoms with Crippen LogP contribution in [0.15, 0.2) is 71.1 Å². The second-order valence-corrected chi connectivity index (χ2v) is 13.3. The Morgan fingerprint density at radius 2 is 1.83 bits per heavy atom. The summed E-state index contributed by atoms with van der Waals surface area (Å²) < 4.78 is 25.0. The lowest BCUT2D eigenvalue weighted by atomic mass is 9.95. The second-order valence-electron chi connectivity index (χ2n) is 10.9. The number of amidine groups is 1. The van der Waals surface area contributed by atoms with E-state index in [9.17, 15) is 4.21 Å². The Balaban J connectivity index is 1.27. The quantitative estimate of drug-likeness (QED) is 0.0745. The highest BCUT2D eigenvalue weighted by molar-refractivity contribution is 7.86. The first kappa shape index (κ1) is 28.7. The van der Waals surface area contributed by atoms with Crippen molar-refractivity contribution in [2.24, 2.45) is 22.1 Å². The summed E-state index contributed by atoms with van der Waals surface area (Å²) in [6, 6.07) is 20.7. The number of hydrogen-bond donors (Lipinski definition) is 2. The molecule has 6 nitrogen and oxygen atoms in total. The Labute approximate surface area is 248 Å². The van der Waals surface area contributed by atoms with Crippen LogP contribution in [0.4, 0.5) is 0 Å². The number of nitrogens with two attached hydrogens (primary N) is 2. The van der Waals surface area contributed by atoms with Crippen molar-refractivity contribution in [3.8, 4) is 34.5 Å². The molecule has 0 aliphatic carbocycles. The fourth-order valence-electron chi connectivity index (χ4n) is 5.13. The van der Waals surface area contributed by atoms with Gasteiger partial charge in [0.05, 0.1) is 12.5 Å². The lowest BCUT2D eigenvalue weighted by molar-refractivity contribution is 0.192. The van der Waals surface area contributed by atoms with E-state index in [1.54, 1.807) is 11.3 Å². The van der Waals surface area contributed by atoms with Gasteiger partial charge in [-0.25, -0.2) is 0 Å². The number of ether oxygens (including phenoxy) is 2. The van der Waals surface area contributed by atoms with Crippen LogP contribution in [0, 0.1) is 24.2 Å². The average Bonchev–Trinajstić information content (AvgIpc) is 3.37. The summed E-state index contributed by atoms with van der Waals surface area (Å²) in [7, 11) is -0.685. The van der Waals surface area contributed by atoms with Crippen molar-refractivity contribution in [1.82, 2.24) is 0 Å². The van der Waals surface area contributed by atoms with Gasteiger partial charge in [-0.3, -0.25) is 4.21 Å². The zero-order valence-corrected chi connectivity index (χ0v) is 25.2. The van der Waals surface area contributed by atoms with Crippen LogP contribution in [0.2, 0.25) is 0 Å². The molecule has 3 aromatic carbocycles. The molecule has 212 valence electrons. The van der Waals surface area contributed by atoms with Crippen LogP contribution in [0.3, 0.4) is 0 Å². The third kappa shape index (κ3) is 6.75. The van der Waals surface area contributed by atoms with E-state index >= 15 is 0 Å². The van der Waals surface area contributed by atoms with Crippen LogP contribution in [0.5, 0.6) is 11.5 Å². The molecule has 0 spiro atoms. The number of hydrogen-bond acceptors (Lipinski definition) is 6. The lowest BCUT2D eigenvalue weighted by Gasteiger charge is -2.36. The molecule has 2 heterocycles. The maximum atomic E-state index is 11.5. The number of rotatable bonds is 10. The first-order chi connectivity index (χ1) is 19.8. The van der Waals surface area contributed by atoms with Gasteiger partial charge in [-0.15, -0.1) is 17.3 Å². The molecular weight excluding hydrogens is 551 g/mol. The largest absolute Gasteiger partial charge is 0.493 e. The maximum absolute atomic E-state index is 11.5. The van der Waals surface area contributed by atoms with E-state index < -0.39 is 10.8 Å². The van der Waals surface area contributed by atoms with Crippen molar-refractivity contribution in [2.75, 3.05) is 18.1 Å². The van der Waals surface area contributed by atoms with Gasteiger partial charge in [0.1, 0.15) is 23.9 Å². The molecule has 0 bridgehead atoms. The van der Waals surface area contributed by atoms with Crippen molar-refractivity contribution < 1.29 is 13.7 Å². The molecule has 1 atom stereocenters. The van der Waals surface area contributed by atoms with Gasteiger partial charge in [0, 0.05) is 49.8 Å². The monoisotopic (exact) mass is 585 g/mol. The summed E-state index contributed by atoms with van der Waals surface area (Å²) in [4.78, 5) is 0. The zero-order chi connectivity index (χ0) is 29.0. The molecule has 41 heavy (non-hydrogen) atoms. The number of thiophene rings is 1. The van der Waals surface area contributed by atoms with Gasteiger partial charge in [0.15, 0.2) is 0 Å². The van der Waals surface area contributed by atoms with Crippen molar-refractivity contribution in [1.29, 1.82) is 0 Å². The van der Waals surface area contributed by atoms with Crippen LogP contribution >= 0.6 is 11.3 Å². The van der Waals surface area contributed by atoms with Crippen molar-refractivity contribution in [3.05, 3.63) is 82.7 Å². The highest BCUT2D eigenvalue weighted by Gasteiger charge is 2.39. The van der Waals surface area contributed by atoms with Crippen molar-refractivity contribution in [2.45, 2.75) is 39.7 Å². The molecule has 1 aromatic heterocycles. The van der Waals surface area contributed by atoms with Crippen molar-refractivity contribution in [3.63, 3.8) is 0 Å². The molecule has 1 unspecified atom stereocenters. The standard InChI is InChI=1S/C33H35N3O3S2/c1-4-5-25(16-32(34)36-35)24-7-9-26(10-8-24)38-17-23-6-13-31-29(15-23)30(18-40-31)28-12-11-27(14-22(28)2)39-19-33(3)20-41(37)21-33/h6-15,18,25H,16-17,19-21,35H2,1-3H3,(H2,34,36). The molecule has 5 rings (SSSR count). The summed E-state index contributed by atoms with van der Waals surface area (Å²) in [5, 5.41) is 7.02. The van der Waals surface area contributed by atoms with Gasteiger partial charge in [-0.05, 0) is 77.9 Å². The number of nitrogens with zero attached hydrogens (tertiary/aromatic N) is 1. The summed E-state index contributed by atoms with van der Waals surface area (Å²) in [5.74, 6) is 14.8. The van der Waals surface area contributed by atoms with Gasteiger partial charge >= 0.3 is 0 Å². The summed E-state index contributed by atoms with van der Waals surface area (Å²) in [6.45, 7) is 7.12. The van der Waals surface area contributed by atoms with E-state index in [4.69, 9.17) is 21.1 Å². The maximum Gasteiger partial charge on any atom is 0.120 e. The summed E-state index contributed by atoms with van der Waals surface area (Å²) in [5.41, 5.74) is 11.6. The second kappa shape index (κ2) is 12.4. The number of fused-ring (bicyclic) bond motifs is 1. The molecule has 1 aliphatic heterocycles. The fourth-order valence-corrected chi connectivity index (χ4v) is 7.71.